The van der Waals surface area contributed by atoms with Crippen molar-refractivity contribution < 1.29 is 4.74 Å². The molecule has 0 radical (unpaired) electrons. The van der Waals surface area contributed by atoms with E-state index in [1.165, 1.54) is 0 Å². The van der Waals surface area contributed by atoms with E-state index in [1.807, 2.05) is 48.7 Å². The summed E-state index contributed by atoms with van der Waals surface area (Å²) in [4.78, 5) is 10.0. The van der Waals surface area contributed by atoms with Gasteiger partial charge in [0.1, 0.15) is 4.83 Å². The number of benzene rings is 1. The Bertz CT molecular complexity index is 664. The van der Waals surface area contributed by atoms with Crippen molar-refractivity contribution in [3.8, 4) is 17.3 Å². The van der Waals surface area contributed by atoms with Crippen molar-refractivity contribution in [3.05, 3.63) is 41.8 Å². The van der Waals surface area contributed by atoms with Gasteiger partial charge in [-0.1, -0.05) is 30.3 Å². The fraction of sp³-hybridized carbons (Fsp3) is 0.143. The Balaban J connectivity index is 2.19. The highest BCUT2D eigenvalue weighted by atomic mass is 32.1. The van der Waals surface area contributed by atoms with Crippen molar-refractivity contribution in [2.45, 2.75) is 6.92 Å². The fourth-order valence-electron chi connectivity index (χ4n) is 1.79. The zero-order valence-electron chi connectivity index (χ0n) is 9.96. The Labute approximate surface area is 109 Å². The summed E-state index contributed by atoms with van der Waals surface area (Å²) in [7, 11) is 0. The van der Waals surface area contributed by atoms with Crippen LogP contribution in [-0.2, 0) is 0 Å². The second-order valence-corrected chi connectivity index (χ2v) is 4.69. The highest BCUT2D eigenvalue weighted by Gasteiger charge is 2.10. The molecule has 90 valence electrons. The first-order valence-electron chi connectivity index (χ1n) is 5.82. The Morgan fingerprint density at radius 3 is 2.72 bits per heavy atom. The van der Waals surface area contributed by atoms with Crippen LogP contribution in [0, 0.1) is 0 Å². The smallest absolute Gasteiger partial charge is 0.225 e. The van der Waals surface area contributed by atoms with Gasteiger partial charge in [-0.15, -0.1) is 11.3 Å². The highest BCUT2D eigenvalue weighted by Crippen LogP contribution is 2.29. The maximum absolute atomic E-state index is 5.60. The third kappa shape index (κ3) is 1.95. The normalized spacial score (nSPS) is 10.7. The van der Waals surface area contributed by atoms with Crippen molar-refractivity contribution in [2.75, 3.05) is 6.61 Å². The van der Waals surface area contributed by atoms with E-state index in [0.29, 0.717) is 18.3 Å². The molecule has 0 N–H and O–H groups in total. The van der Waals surface area contributed by atoms with Gasteiger partial charge in [0.15, 0.2) is 5.82 Å². The van der Waals surface area contributed by atoms with Gasteiger partial charge in [-0.2, -0.15) is 4.98 Å². The summed E-state index contributed by atoms with van der Waals surface area (Å²) in [6.07, 6.45) is 0. The summed E-state index contributed by atoms with van der Waals surface area (Å²) in [5.74, 6) is 1.39. The number of nitrogens with zero attached hydrogens (tertiary/aromatic N) is 2. The highest BCUT2D eigenvalue weighted by molar-refractivity contribution is 7.16. The van der Waals surface area contributed by atoms with E-state index in [4.69, 9.17) is 4.74 Å². The molecule has 0 saturated carbocycles. The largest absolute Gasteiger partial charge is 0.477 e. The van der Waals surface area contributed by atoms with Gasteiger partial charge in [-0.25, -0.2) is 4.98 Å². The van der Waals surface area contributed by atoms with E-state index in [2.05, 4.69) is 9.97 Å². The Morgan fingerprint density at radius 2 is 1.94 bits per heavy atom. The topological polar surface area (TPSA) is 35.0 Å². The summed E-state index contributed by atoms with van der Waals surface area (Å²) in [5.41, 5.74) is 1.01. The monoisotopic (exact) mass is 256 g/mol. The van der Waals surface area contributed by atoms with E-state index in [1.54, 1.807) is 11.3 Å². The van der Waals surface area contributed by atoms with Crippen LogP contribution in [0.5, 0.6) is 5.88 Å². The molecule has 0 amide bonds. The molecular formula is C14H12N2OS. The molecule has 2 heterocycles. The van der Waals surface area contributed by atoms with Gasteiger partial charge in [-0.05, 0) is 18.4 Å². The van der Waals surface area contributed by atoms with Crippen molar-refractivity contribution in [1.29, 1.82) is 0 Å². The van der Waals surface area contributed by atoms with Crippen LogP contribution in [0.25, 0.3) is 21.6 Å². The van der Waals surface area contributed by atoms with Crippen LogP contribution in [0.1, 0.15) is 6.92 Å². The predicted octanol–water partition coefficient (Wildman–Crippen LogP) is 3.76. The molecule has 3 nitrogen and oxygen atoms in total. The minimum absolute atomic E-state index is 0.607. The third-order valence-corrected chi connectivity index (χ3v) is 3.41. The lowest BCUT2D eigenvalue weighted by molar-refractivity contribution is 0.331. The molecule has 0 aliphatic rings. The van der Waals surface area contributed by atoms with Gasteiger partial charge < -0.3 is 4.74 Å². The summed E-state index contributed by atoms with van der Waals surface area (Å²) >= 11 is 1.61. The van der Waals surface area contributed by atoms with Crippen LogP contribution < -0.4 is 4.74 Å². The first-order chi connectivity index (χ1) is 8.88. The second kappa shape index (κ2) is 4.74. The maximum atomic E-state index is 5.60. The number of aromatic nitrogens is 2. The van der Waals surface area contributed by atoms with Crippen molar-refractivity contribution in [3.63, 3.8) is 0 Å². The average Bonchev–Trinajstić information content (AvgIpc) is 2.88. The summed E-state index contributed by atoms with van der Waals surface area (Å²) < 4.78 is 5.60. The second-order valence-electron chi connectivity index (χ2n) is 3.79. The molecule has 18 heavy (non-hydrogen) atoms. The standard InChI is InChI=1S/C14H12N2OS/c1-2-17-13-11-8-9-18-14(11)16-12(15-13)10-6-4-3-5-7-10/h3-9H,2H2,1H3. The molecule has 0 bridgehead atoms. The molecule has 0 aliphatic carbocycles. The molecule has 1 aromatic carbocycles. The Hall–Kier alpha value is -1.94. The summed E-state index contributed by atoms with van der Waals surface area (Å²) in [6, 6.07) is 12.0. The molecule has 0 unspecified atom stereocenters. The van der Waals surface area contributed by atoms with Crippen molar-refractivity contribution in [1.82, 2.24) is 9.97 Å². The molecule has 0 saturated heterocycles. The molecule has 0 fully saturated rings. The molecule has 2 aromatic heterocycles. The third-order valence-electron chi connectivity index (χ3n) is 2.60. The van der Waals surface area contributed by atoms with Crippen LogP contribution in [0.4, 0.5) is 0 Å². The molecule has 3 rings (SSSR count). The van der Waals surface area contributed by atoms with Gasteiger partial charge in [0.25, 0.3) is 0 Å². The lowest BCUT2D eigenvalue weighted by Gasteiger charge is -2.06. The minimum atomic E-state index is 0.607. The van der Waals surface area contributed by atoms with E-state index in [0.717, 1.165) is 15.8 Å². The summed E-state index contributed by atoms with van der Waals surface area (Å²) in [6.45, 7) is 2.57. The average molecular weight is 256 g/mol. The first kappa shape index (κ1) is 11.2. The predicted molar refractivity (Wildman–Crippen MR) is 74.0 cm³/mol. The quantitative estimate of drug-likeness (QED) is 0.715. The molecule has 3 aromatic rings. The Kier molecular flexibility index (Phi) is 2.94. The van der Waals surface area contributed by atoms with E-state index < -0.39 is 0 Å². The fourth-order valence-corrected chi connectivity index (χ4v) is 2.55. The molecular weight excluding hydrogens is 244 g/mol. The SMILES string of the molecule is CCOc1nc(-c2ccccc2)nc2sccc12. The molecule has 4 heteroatoms. The number of rotatable bonds is 3. The number of ether oxygens (including phenoxy) is 1. The number of hydrogen-bond donors (Lipinski definition) is 0. The number of hydrogen-bond acceptors (Lipinski definition) is 4. The van der Waals surface area contributed by atoms with Crippen LogP contribution in [0.3, 0.4) is 0 Å². The van der Waals surface area contributed by atoms with Gasteiger partial charge >= 0.3 is 0 Å². The lowest BCUT2D eigenvalue weighted by atomic mass is 10.2. The van der Waals surface area contributed by atoms with Crippen LogP contribution >= 0.6 is 11.3 Å². The van der Waals surface area contributed by atoms with E-state index in [-0.39, 0.29) is 0 Å². The van der Waals surface area contributed by atoms with Gasteiger partial charge in [0.05, 0.1) is 12.0 Å². The molecule has 0 spiro atoms. The zero-order valence-corrected chi connectivity index (χ0v) is 10.8. The summed E-state index contributed by atoms with van der Waals surface area (Å²) in [5, 5.41) is 3.00. The maximum Gasteiger partial charge on any atom is 0.225 e. The zero-order chi connectivity index (χ0) is 12.4. The van der Waals surface area contributed by atoms with E-state index in [9.17, 15) is 0 Å². The van der Waals surface area contributed by atoms with Crippen molar-refractivity contribution >= 4 is 21.6 Å². The number of fused-ring (bicyclic) bond motifs is 1. The van der Waals surface area contributed by atoms with Gasteiger partial charge in [-0.3, -0.25) is 0 Å². The molecule has 0 atom stereocenters. The van der Waals surface area contributed by atoms with Crippen molar-refractivity contribution in [2.24, 2.45) is 0 Å². The molecule has 0 aliphatic heterocycles. The van der Waals surface area contributed by atoms with E-state index >= 15 is 0 Å². The lowest BCUT2D eigenvalue weighted by Crippen LogP contribution is -1.98. The van der Waals surface area contributed by atoms with Gasteiger partial charge in [0, 0.05) is 5.56 Å². The van der Waals surface area contributed by atoms with Crippen LogP contribution in [0.15, 0.2) is 41.8 Å². The van der Waals surface area contributed by atoms with Crippen LogP contribution in [-0.4, -0.2) is 16.6 Å². The number of thiophene rings is 1. The van der Waals surface area contributed by atoms with Gasteiger partial charge in [0.2, 0.25) is 5.88 Å². The first-order valence-corrected chi connectivity index (χ1v) is 6.70. The Morgan fingerprint density at radius 1 is 1.11 bits per heavy atom. The minimum Gasteiger partial charge on any atom is -0.477 e. The van der Waals surface area contributed by atoms with Crippen LogP contribution in [0.2, 0.25) is 0 Å².